The molecule has 0 atom stereocenters. The molecule has 24 heavy (non-hydrogen) atoms. The van der Waals surface area contributed by atoms with Gasteiger partial charge in [-0.2, -0.15) is 0 Å². The summed E-state index contributed by atoms with van der Waals surface area (Å²) in [6.45, 7) is 1.05. The molecule has 0 amide bonds. The number of aryl methyl sites for hydroxylation is 2. The van der Waals surface area contributed by atoms with Crippen LogP contribution in [0.15, 0.2) is 53.3 Å². The van der Waals surface area contributed by atoms with Crippen LogP contribution in [0.3, 0.4) is 0 Å². The van der Waals surface area contributed by atoms with Gasteiger partial charge in [0.05, 0.1) is 18.2 Å². The zero-order valence-electron chi connectivity index (χ0n) is 13.6. The van der Waals surface area contributed by atoms with Crippen LogP contribution >= 0.6 is 0 Å². The molecule has 0 N–H and O–H groups in total. The maximum Gasteiger partial charge on any atom is 0.257 e. The minimum absolute atomic E-state index is 0.0585. The monoisotopic (exact) mass is 321 g/mol. The molecule has 2 aromatic carbocycles. The van der Waals surface area contributed by atoms with Gasteiger partial charge in [-0.25, -0.2) is 0 Å². The van der Waals surface area contributed by atoms with E-state index in [0.717, 1.165) is 41.8 Å². The van der Waals surface area contributed by atoms with Crippen LogP contribution in [0, 0.1) is 0 Å². The highest BCUT2D eigenvalue weighted by Crippen LogP contribution is 2.24. The molecule has 4 rings (SSSR count). The van der Waals surface area contributed by atoms with Gasteiger partial charge in [0.25, 0.3) is 5.56 Å². The van der Waals surface area contributed by atoms with Crippen LogP contribution < -0.4 is 15.0 Å². The van der Waals surface area contributed by atoms with Crippen LogP contribution in [-0.4, -0.2) is 11.7 Å². The van der Waals surface area contributed by atoms with Crippen LogP contribution in [0.25, 0.3) is 10.9 Å². The Morgan fingerprint density at radius 2 is 1.88 bits per heavy atom. The van der Waals surface area contributed by atoms with Crippen LogP contribution in [0.1, 0.15) is 17.5 Å². The molecule has 1 aromatic heterocycles. The Kier molecular flexibility index (Phi) is 3.73. The second kappa shape index (κ2) is 6.04. The zero-order chi connectivity index (χ0) is 16.5. The van der Waals surface area contributed by atoms with E-state index in [-0.39, 0.29) is 12.2 Å². The third kappa shape index (κ3) is 2.54. The number of rotatable bonds is 4. The fourth-order valence-electron chi connectivity index (χ4n) is 3.36. The fraction of sp³-hybridized carbons (Fsp3) is 0.250. The molecule has 0 saturated heterocycles. The highest BCUT2D eigenvalue weighted by Gasteiger charge is 2.16. The summed E-state index contributed by atoms with van der Waals surface area (Å²) in [5.41, 5.74) is 3.10. The molecule has 0 spiro atoms. The second-order valence-electron chi connectivity index (χ2n) is 6.05. The lowest BCUT2D eigenvalue weighted by Gasteiger charge is -2.20. The number of ether oxygens (including phenoxy) is 2. The number of aromatic nitrogens is 1. The van der Waals surface area contributed by atoms with Crippen LogP contribution in [0.2, 0.25) is 0 Å². The van der Waals surface area contributed by atoms with Crippen molar-refractivity contribution in [3.05, 3.63) is 70.0 Å². The molecule has 3 aromatic rings. The van der Waals surface area contributed by atoms with E-state index in [1.807, 2.05) is 34.9 Å². The lowest BCUT2D eigenvalue weighted by molar-refractivity contribution is 0.303. The molecule has 4 heteroatoms. The van der Waals surface area contributed by atoms with Crippen molar-refractivity contribution in [3.63, 3.8) is 0 Å². The lowest BCUT2D eigenvalue weighted by atomic mass is 10.0. The van der Waals surface area contributed by atoms with Gasteiger partial charge in [-0.05, 0) is 54.1 Å². The van der Waals surface area contributed by atoms with Crippen LogP contribution in [-0.2, 0) is 19.6 Å². The van der Waals surface area contributed by atoms with Crippen LogP contribution in [0.4, 0.5) is 0 Å². The van der Waals surface area contributed by atoms with Gasteiger partial charge in [0.15, 0.2) is 0 Å². The summed E-state index contributed by atoms with van der Waals surface area (Å²) >= 11 is 0. The Morgan fingerprint density at radius 3 is 2.67 bits per heavy atom. The Morgan fingerprint density at radius 1 is 1.08 bits per heavy atom. The third-order valence-electron chi connectivity index (χ3n) is 4.55. The predicted molar refractivity (Wildman–Crippen MR) is 93.9 cm³/mol. The van der Waals surface area contributed by atoms with Gasteiger partial charge in [-0.1, -0.05) is 18.2 Å². The molecule has 0 unspecified atom stereocenters. The van der Waals surface area contributed by atoms with Crippen molar-refractivity contribution < 1.29 is 9.47 Å². The molecule has 1 aliphatic heterocycles. The summed E-state index contributed by atoms with van der Waals surface area (Å²) in [5, 5.41) is 1.11. The summed E-state index contributed by atoms with van der Waals surface area (Å²) < 4.78 is 12.8. The largest absolute Gasteiger partial charge is 0.497 e. The summed E-state index contributed by atoms with van der Waals surface area (Å²) in [4.78, 5) is 12.8. The quantitative estimate of drug-likeness (QED) is 0.738. The fourth-order valence-corrected chi connectivity index (χ4v) is 3.36. The van der Waals surface area contributed by atoms with Crippen molar-refractivity contribution >= 4 is 10.9 Å². The molecular weight excluding hydrogens is 302 g/mol. The van der Waals surface area contributed by atoms with Crippen molar-refractivity contribution in [1.29, 1.82) is 0 Å². The standard InChI is InChI=1S/C20H19NO3/c1-23-17-7-9-18(10-8-17)24-13-16-12-15-5-2-4-14-6-3-11-21(19(14)15)20(16)22/h2,4-5,7-10,12H,3,6,11,13H2,1H3. The first-order chi connectivity index (χ1) is 11.8. The molecule has 122 valence electrons. The number of hydrogen-bond acceptors (Lipinski definition) is 3. The molecule has 0 saturated carbocycles. The van der Waals surface area contributed by atoms with Crippen molar-refractivity contribution in [3.8, 4) is 11.5 Å². The molecule has 0 fully saturated rings. The van der Waals surface area contributed by atoms with Gasteiger partial charge in [0.1, 0.15) is 18.1 Å². The maximum atomic E-state index is 12.8. The van der Waals surface area contributed by atoms with E-state index in [1.54, 1.807) is 7.11 Å². The third-order valence-corrected chi connectivity index (χ3v) is 4.55. The number of nitrogens with zero attached hydrogens (tertiary/aromatic N) is 1. The molecular formula is C20H19NO3. The number of methoxy groups -OCH3 is 1. The van der Waals surface area contributed by atoms with E-state index in [0.29, 0.717) is 5.56 Å². The molecule has 0 bridgehead atoms. The predicted octanol–water partition coefficient (Wildman–Crippen LogP) is 3.54. The van der Waals surface area contributed by atoms with Gasteiger partial charge in [0, 0.05) is 6.54 Å². The SMILES string of the molecule is COc1ccc(OCc2cc3cccc4c3n(c2=O)CCC4)cc1. The Balaban J connectivity index is 1.67. The Bertz CT molecular complexity index is 941. The molecule has 4 nitrogen and oxygen atoms in total. The van der Waals surface area contributed by atoms with Crippen molar-refractivity contribution in [2.45, 2.75) is 26.0 Å². The first-order valence-electron chi connectivity index (χ1n) is 8.17. The van der Waals surface area contributed by atoms with Gasteiger partial charge >= 0.3 is 0 Å². The number of benzene rings is 2. The number of pyridine rings is 1. The minimum atomic E-state index is 0.0585. The van der Waals surface area contributed by atoms with Gasteiger partial charge < -0.3 is 14.0 Å². The molecule has 0 radical (unpaired) electrons. The van der Waals surface area contributed by atoms with Gasteiger partial charge in [0.2, 0.25) is 0 Å². The minimum Gasteiger partial charge on any atom is -0.497 e. The van der Waals surface area contributed by atoms with E-state index >= 15 is 0 Å². The first-order valence-corrected chi connectivity index (χ1v) is 8.17. The van der Waals surface area contributed by atoms with E-state index in [2.05, 4.69) is 18.2 Å². The number of hydrogen-bond donors (Lipinski definition) is 0. The molecule has 1 aliphatic rings. The summed E-state index contributed by atoms with van der Waals surface area (Å²) in [7, 11) is 1.63. The summed E-state index contributed by atoms with van der Waals surface area (Å²) in [6.07, 6.45) is 2.05. The zero-order valence-corrected chi connectivity index (χ0v) is 13.6. The van der Waals surface area contributed by atoms with Gasteiger partial charge in [-0.3, -0.25) is 4.79 Å². The second-order valence-corrected chi connectivity index (χ2v) is 6.05. The van der Waals surface area contributed by atoms with Crippen molar-refractivity contribution in [2.24, 2.45) is 0 Å². The Labute approximate surface area is 140 Å². The smallest absolute Gasteiger partial charge is 0.257 e. The maximum absolute atomic E-state index is 12.8. The van der Waals surface area contributed by atoms with E-state index in [1.165, 1.54) is 5.56 Å². The van der Waals surface area contributed by atoms with Crippen molar-refractivity contribution in [1.82, 2.24) is 4.57 Å². The first kappa shape index (κ1) is 14.8. The number of para-hydroxylation sites is 1. The van der Waals surface area contributed by atoms with Gasteiger partial charge in [-0.15, -0.1) is 0 Å². The highest BCUT2D eigenvalue weighted by atomic mass is 16.5. The Hall–Kier alpha value is -2.75. The normalized spacial score (nSPS) is 13.0. The van der Waals surface area contributed by atoms with Crippen LogP contribution in [0.5, 0.6) is 11.5 Å². The molecule has 0 aliphatic carbocycles. The molecule has 2 heterocycles. The summed E-state index contributed by atoms with van der Waals surface area (Å²) in [6, 6.07) is 15.6. The van der Waals surface area contributed by atoms with Crippen molar-refractivity contribution in [2.75, 3.05) is 7.11 Å². The van der Waals surface area contributed by atoms with E-state index in [9.17, 15) is 4.79 Å². The highest BCUT2D eigenvalue weighted by molar-refractivity contribution is 5.83. The van der Waals surface area contributed by atoms with E-state index < -0.39 is 0 Å². The average molecular weight is 321 g/mol. The lowest BCUT2D eigenvalue weighted by Crippen LogP contribution is -2.28. The topological polar surface area (TPSA) is 40.5 Å². The average Bonchev–Trinajstić information content (AvgIpc) is 2.64. The van der Waals surface area contributed by atoms with E-state index in [4.69, 9.17) is 9.47 Å². The summed E-state index contributed by atoms with van der Waals surface area (Å²) in [5.74, 6) is 1.51.